The largest absolute Gasteiger partial charge is 0.312 e. The van der Waals surface area contributed by atoms with Crippen molar-refractivity contribution in [3.05, 3.63) is 66.0 Å². The Morgan fingerprint density at radius 2 is 1.81 bits per heavy atom. The molecule has 4 nitrogen and oxygen atoms in total. The van der Waals surface area contributed by atoms with Gasteiger partial charge in [0.05, 0.1) is 4.90 Å². The summed E-state index contributed by atoms with van der Waals surface area (Å²) in [5.74, 6) is -0.332. The van der Waals surface area contributed by atoms with Crippen LogP contribution in [0.15, 0.2) is 59.5 Å². The summed E-state index contributed by atoms with van der Waals surface area (Å²) in [4.78, 5) is 0.325. The van der Waals surface area contributed by atoms with Crippen LogP contribution >= 0.6 is 0 Å². The van der Waals surface area contributed by atoms with Crippen LogP contribution in [-0.2, 0) is 10.0 Å². The Morgan fingerprint density at radius 1 is 1.00 bits per heavy atom. The summed E-state index contributed by atoms with van der Waals surface area (Å²) in [6, 6.07) is 15.1. The normalized spacial score (nSPS) is 26.9. The molecule has 6 heteroatoms. The predicted molar refractivity (Wildman–Crippen MR) is 104 cm³/mol. The Morgan fingerprint density at radius 3 is 2.59 bits per heavy atom. The van der Waals surface area contributed by atoms with Gasteiger partial charge in [-0.15, -0.1) is 0 Å². The van der Waals surface area contributed by atoms with Crippen LogP contribution in [0.4, 0.5) is 4.39 Å². The van der Waals surface area contributed by atoms with Crippen molar-refractivity contribution in [3.8, 4) is 0 Å². The van der Waals surface area contributed by atoms with Crippen LogP contribution in [0.3, 0.4) is 0 Å². The number of nitrogens with zero attached hydrogens (tertiary/aromatic N) is 1. The third-order valence-corrected chi connectivity index (χ3v) is 7.68. The van der Waals surface area contributed by atoms with Gasteiger partial charge in [0.15, 0.2) is 0 Å². The van der Waals surface area contributed by atoms with Crippen molar-refractivity contribution in [2.24, 2.45) is 0 Å². The molecule has 2 aromatic rings. The minimum Gasteiger partial charge on any atom is -0.312 e. The molecule has 2 fully saturated rings. The molecule has 2 aliphatic heterocycles. The van der Waals surface area contributed by atoms with Crippen LogP contribution in [0.2, 0.25) is 0 Å². The highest BCUT2D eigenvalue weighted by molar-refractivity contribution is 7.89. The molecule has 144 valence electrons. The average Bonchev–Trinajstić information content (AvgIpc) is 3.00. The molecule has 0 amide bonds. The van der Waals surface area contributed by atoms with Gasteiger partial charge in [-0.05, 0) is 49.2 Å². The first-order chi connectivity index (χ1) is 13.1. The van der Waals surface area contributed by atoms with Gasteiger partial charge in [0.2, 0.25) is 10.0 Å². The number of rotatable bonds is 3. The van der Waals surface area contributed by atoms with Gasteiger partial charge < -0.3 is 5.32 Å². The zero-order valence-electron chi connectivity index (χ0n) is 15.2. The molecular formula is C21H25FN2O2S. The second kappa shape index (κ2) is 7.70. The number of sulfonamides is 1. The average molecular weight is 389 g/mol. The summed E-state index contributed by atoms with van der Waals surface area (Å²) >= 11 is 0. The summed E-state index contributed by atoms with van der Waals surface area (Å²) in [7, 11) is -3.59. The minimum absolute atomic E-state index is 0.00517. The van der Waals surface area contributed by atoms with Gasteiger partial charge in [0.25, 0.3) is 0 Å². The van der Waals surface area contributed by atoms with E-state index in [0.717, 1.165) is 37.8 Å². The van der Waals surface area contributed by atoms with Crippen molar-refractivity contribution in [3.63, 3.8) is 0 Å². The smallest absolute Gasteiger partial charge is 0.243 e. The Kier molecular flexibility index (Phi) is 5.30. The third-order valence-electron chi connectivity index (χ3n) is 5.78. The molecule has 27 heavy (non-hydrogen) atoms. The van der Waals surface area contributed by atoms with E-state index in [4.69, 9.17) is 0 Å². The Bertz CT molecular complexity index is 888. The Balaban J connectivity index is 1.73. The second-order valence-corrected chi connectivity index (χ2v) is 9.34. The molecule has 0 radical (unpaired) electrons. The lowest BCUT2D eigenvalue weighted by Gasteiger charge is -2.31. The zero-order chi connectivity index (χ0) is 18.9. The zero-order valence-corrected chi connectivity index (χ0v) is 16.0. The van der Waals surface area contributed by atoms with E-state index >= 15 is 0 Å². The first kappa shape index (κ1) is 18.6. The summed E-state index contributed by atoms with van der Waals surface area (Å²) in [5, 5.41) is 3.58. The van der Waals surface area contributed by atoms with E-state index in [1.165, 1.54) is 6.07 Å². The van der Waals surface area contributed by atoms with Gasteiger partial charge >= 0.3 is 0 Å². The van der Waals surface area contributed by atoms with Crippen molar-refractivity contribution in [2.75, 3.05) is 13.1 Å². The summed E-state index contributed by atoms with van der Waals surface area (Å²) in [6.45, 7) is 1.25. The van der Waals surface area contributed by atoms with E-state index in [0.29, 0.717) is 11.4 Å². The summed E-state index contributed by atoms with van der Waals surface area (Å²) in [6.07, 6.45) is 4.03. The lowest BCUT2D eigenvalue weighted by Crippen LogP contribution is -2.46. The molecule has 0 aromatic heterocycles. The molecule has 2 heterocycles. The first-order valence-corrected chi connectivity index (χ1v) is 11.1. The molecule has 0 aliphatic carbocycles. The monoisotopic (exact) mass is 388 g/mol. The van der Waals surface area contributed by atoms with E-state index < -0.39 is 10.0 Å². The maximum absolute atomic E-state index is 13.8. The molecule has 0 unspecified atom stereocenters. The van der Waals surface area contributed by atoms with Crippen molar-refractivity contribution in [1.29, 1.82) is 0 Å². The molecule has 0 bridgehead atoms. The minimum atomic E-state index is -3.59. The van der Waals surface area contributed by atoms with Gasteiger partial charge in [0.1, 0.15) is 5.82 Å². The maximum atomic E-state index is 13.8. The highest BCUT2D eigenvalue weighted by atomic mass is 32.2. The number of fused-ring (bicyclic) bond motifs is 1. The van der Waals surface area contributed by atoms with E-state index in [2.05, 4.69) is 5.32 Å². The number of nitrogens with one attached hydrogen (secondary N) is 1. The fourth-order valence-electron chi connectivity index (χ4n) is 4.47. The number of benzene rings is 2. The number of hydrogen-bond donors (Lipinski definition) is 1. The highest BCUT2D eigenvalue weighted by Crippen LogP contribution is 2.38. The fraction of sp³-hybridized carbons (Fsp3) is 0.429. The Hall–Kier alpha value is -1.76. The van der Waals surface area contributed by atoms with E-state index in [9.17, 15) is 12.8 Å². The molecular weight excluding hydrogens is 363 g/mol. The van der Waals surface area contributed by atoms with E-state index in [-0.39, 0.29) is 23.8 Å². The van der Waals surface area contributed by atoms with Crippen LogP contribution in [0.1, 0.15) is 37.2 Å². The van der Waals surface area contributed by atoms with E-state index in [1.807, 2.05) is 12.1 Å². The van der Waals surface area contributed by atoms with Crippen LogP contribution in [0.5, 0.6) is 0 Å². The van der Waals surface area contributed by atoms with Crippen LogP contribution in [0.25, 0.3) is 0 Å². The molecule has 3 atom stereocenters. The second-order valence-electron chi connectivity index (χ2n) is 7.45. The van der Waals surface area contributed by atoms with Gasteiger partial charge in [0, 0.05) is 24.5 Å². The van der Waals surface area contributed by atoms with Crippen LogP contribution < -0.4 is 5.32 Å². The summed E-state index contributed by atoms with van der Waals surface area (Å²) < 4.78 is 42.2. The standard InChI is InChI=1S/C21H25FN2O2S/c22-17-9-7-8-16(14-17)19-15-24(20-12-5-2-6-13-23-21(19)20)27(25,26)18-10-3-1-4-11-18/h1,3-4,7-11,14,19-21,23H,2,5-6,12-13,15H2/t19-,20+,21-/m0/s1. The molecule has 2 saturated heterocycles. The van der Waals surface area contributed by atoms with Crippen LogP contribution in [0, 0.1) is 5.82 Å². The molecule has 0 spiro atoms. The lowest BCUT2D eigenvalue weighted by molar-refractivity contribution is 0.302. The molecule has 0 saturated carbocycles. The van der Waals surface area contributed by atoms with Crippen molar-refractivity contribution in [2.45, 2.75) is 48.6 Å². The molecule has 1 N–H and O–H groups in total. The number of halogens is 1. The Labute approximate surface area is 160 Å². The van der Waals surface area contributed by atoms with Gasteiger partial charge in [-0.2, -0.15) is 4.31 Å². The summed E-state index contributed by atoms with van der Waals surface area (Å²) in [5.41, 5.74) is 0.865. The number of hydrogen-bond acceptors (Lipinski definition) is 3. The van der Waals surface area contributed by atoms with Crippen molar-refractivity contribution < 1.29 is 12.8 Å². The van der Waals surface area contributed by atoms with Gasteiger partial charge in [-0.1, -0.05) is 43.2 Å². The fourth-order valence-corrected chi connectivity index (χ4v) is 6.19. The lowest BCUT2D eigenvalue weighted by atomic mass is 9.88. The van der Waals surface area contributed by atoms with Gasteiger partial charge in [-0.3, -0.25) is 0 Å². The predicted octanol–water partition coefficient (Wildman–Crippen LogP) is 3.51. The topological polar surface area (TPSA) is 49.4 Å². The molecule has 2 aliphatic rings. The van der Waals surface area contributed by atoms with Crippen LogP contribution in [-0.4, -0.2) is 37.9 Å². The first-order valence-electron chi connectivity index (χ1n) is 9.63. The van der Waals surface area contributed by atoms with Crippen molar-refractivity contribution >= 4 is 10.0 Å². The quantitative estimate of drug-likeness (QED) is 0.875. The SMILES string of the molecule is O=S(=O)(c1ccccc1)N1C[C@@H](c2cccc(F)c2)[C@@H]2NCCCCC[C@H]21. The van der Waals surface area contributed by atoms with Gasteiger partial charge in [-0.25, -0.2) is 12.8 Å². The van der Waals surface area contributed by atoms with E-state index in [1.54, 1.807) is 40.7 Å². The maximum Gasteiger partial charge on any atom is 0.243 e. The van der Waals surface area contributed by atoms with Crippen molar-refractivity contribution in [1.82, 2.24) is 9.62 Å². The highest BCUT2D eigenvalue weighted by Gasteiger charge is 2.47. The third kappa shape index (κ3) is 3.66. The molecule has 2 aromatic carbocycles. The molecule has 4 rings (SSSR count).